The Hall–Kier alpha value is -0.610. The summed E-state index contributed by atoms with van der Waals surface area (Å²) >= 11 is 0. The van der Waals surface area contributed by atoms with Crippen molar-refractivity contribution in [3.05, 3.63) is 0 Å². The Morgan fingerprint density at radius 3 is 2.57 bits per heavy atom. The van der Waals surface area contributed by atoms with Gasteiger partial charge in [-0.15, -0.1) is 0 Å². The van der Waals surface area contributed by atoms with Crippen molar-refractivity contribution in [2.75, 3.05) is 6.61 Å². The first-order valence-electron chi connectivity index (χ1n) is 5.20. The van der Waals surface area contributed by atoms with Crippen molar-refractivity contribution >= 4 is 5.97 Å². The van der Waals surface area contributed by atoms with Gasteiger partial charge >= 0.3 is 5.97 Å². The maximum absolute atomic E-state index is 11.2. The molecule has 1 atom stereocenters. The van der Waals surface area contributed by atoms with Gasteiger partial charge in [-0.1, -0.05) is 6.92 Å². The maximum Gasteiger partial charge on any atom is 0.325 e. The van der Waals surface area contributed by atoms with Crippen LogP contribution in [0, 0.1) is 5.92 Å². The number of carbonyl (C=O) groups excluding carboxylic acids is 1. The summed E-state index contributed by atoms with van der Waals surface area (Å²) in [4.78, 5) is 11.2. The van der Waals surface area contributed by atoms with E-state index < -0.39 is 12.0 Å². The molecule has 0 aromatic carbocycles. The van der Waals surface area contributed by atoms with Gasteiger partial charge in [-0.25, -0.2) is 0 Å². The zero-order valence-corrected chi connectivity index (χ0v) is 8.61. The monoisotopic (exact) mass is 201 g/mol. The van der Waals surface area contributed by atoms with Crippen molar-refractivity contribution in [3.8, 4) is 0 Å². The fraction of sp³-hybridized carbons (Fsp3) is 0.900. The van der Waals surface area contributed by atoms with E-state index in [4.69, 9.17) is 15.6 Å². The number of nitrogens with two attached hydrogens (primary N) is 1. The minimum absolute atomic E-state index is 0.0105. The quantitative estimate of drug-likeness (QED) is 0.649. The molecule has 4 heteroatoms. The Morgan fingerprint density at radius 1 is 1.50 bits per heavy atom. The molecule has 0 bridgehead atoms. The summed E-state index contributed by atoms with van der Waals surface area (Å²) in [5.74, 6) is 0.253. The van der Waals surface area contributed by atoms with Crippen LogP contribution in [0.15, 0.2) is 0 Å². The second kappa shape index (κ2) is 5.32. The fourth-order valence-corrected chi connectivity index (χ4v) is 1.67. The molecule has 0 amide bonds. The van der Waals surface area contributed by atoms with Gasteiger partial charge in [0.1, 0.15) is 12.1 Å². The predicted octanol–water partition coefficient (Wildman–Crippen LogP) is 0.428. The third-order valence-corrected chi connectivity index (χ3v) is 2.75. The van der Waals surface area contributed by atoms with Crippen LogP contribution in [-0.4, -0.2) is 29.8 Å². The Morgan fingerprint density at radius 2 is 2.07 bits per heavy atom. The molecule has 0 heterocycles. The molecular formula is C10H19NO3. The van der Waals surface area contributed by atoms with Gasteiger partial charge in [0.2, 0.25) is 0 Å². The minimum Gasteiger partial charge on any atom is -0.461 e. The van der Waals surface area contributed by atoms with Gasteiger partial charge in [-0.3, -0.25) is 4.79 Å². The van der Waals surface area contributed by atoms with Crippen LogP contribution >= 0.6 is 0 Å². The summed E-state index contributed by atoms with van der Waals surface area (Å²) in [5.41, 5.74) is 5.34. The average Bonchev–Trinajstić information content (AvgIpc) is 2.20. The molecule has 0 aromatic heterocycles. The molecule has 1 rings (SSSR count). The average molecular weight is 201 g/mol. The van der Waals surface area contributed by atoms with Crippen LogP contribution in [0.4, 0.5) is 0 Å². The molecule has 0 unspecified atom stereocenters. The van der Waals surface area contributed by atoms with Gasteiger partial charge in [0.15, 0.2) is 0 Å². The third kappa shape index (κ3) is 3.27. The molecule has 0 spiro atoms. The molecule has 14 heavy (non-hydrogen) atoms. The second-order valence-corrected chi connectivity index (χ2v) is 4.11. The fourth-order valence-electron chi connectivity index (χ4n) is 1.67. The Kier molecular flexibility index (Phi) is 4.35. The molecule has 3 N–H and O–H groups in total. The third-order valence-electron chi connectivity index (χ3n) is 2.75. The maximum atomic E-state index is 11.2. The van der Waals surface area contributed by atoms with Crippen LogP contribution in [0.2, 0.25) is 0 Å². The van der Waals surface area contributed by atoms with Crippen LogP contribution in [0.25, 0.3) is 0 Å². The van der Waals surface area contributed by atoms with Crippen molar-refractivity contribution in [1.82, 2.24) is 0 Å². The first-order valence-corrected chi connectivity index (χ1v) is 5.20. The highest BCUT2D eigenvalue weighted by Gasteiger charge is 2.23. The van der Waals surface area contributed by atoms with E-state index in [1.165, 1.54) is 0 Å². The van der Waals surface area contributed by atoms with Crippen LogP contribution in [0.1, 0.15) is 32.6 Å². The van der Waals surface area contributed by atoms with Crippen LogP contribution in [0.5, 0.6) is 0 Å². The topological polar surface area (TPSA) is 72.5 Å². The largest absolute Gasteiger partial charge is 0.461 e. The van der Waals surface area contributed by atoms with E-state index in [0.29, 0.717) is 0 Å². The molecule has 0 aromatic rings. The van der Waals surface area contributed by atoms with Crippen molar-refractivity contribution < 1.29 is 14.6 Å². The van der Waals surface area contributed by atoms with Gasteiger partial charge in [0, 0.05) is 0 Å². The Labute approximate surface area is 84.4 Å². The van der Waals surface area contributed by atoms with E-state index in [0.717, 1.165) is 31.6 Å². The summed E-state index contributed by atoms with van der Waals surface area (Å²) in [7, 11) is 0. The summed E-state index contributed by atoms with van der Waals surface area (Å²) < 4.78 is 5.17. The van der Waals surface area contributed by atoms with Gasteiger partial charge in [-0.2, -0.15) is 0 Å². The summed E-state index contributed by atoms with van der Waals surface area (Å²) in [5, 5.41) is 8.65. The van der Waals surface area contributed by atoms with Crippen molar-refractivity contribution in [2.45, 2.75) is 44.8 Å². The molecule has 4 nitrogen and oxygen atoms in total. The first-order chi connectivity index (χ1) is 6.63. The minimum atomic E-state index is -0.880. The van der Waals surface area contributed by atoms with E-state index in [1.54, 1.807) is 0 Å². The van der Waals surface area contributed by atoms with Gasteiger partial charge in [0.25, 0.3) is 0 Å². The molecule has 1 aliphatic carbocycles. The number of hydrogen-bond donors (Lipinski definition) is 2. The lowest BCUT2D eigenvalue weighted by Crippen LogP contribution is -2.38. The van der Waals surface area contributed by atoms with Crippen LogP contribution in [0.3, 0.4) is 0 Å². The molecule has 0 radical (unpaired) electrons. The molecule has 82 valence electrons. The van der Waals surface area contributed by atoms with Crippen LogP contribution < -0.4 is 5.73 Å². The molecule has 1 saturated carbocycles. The highest BCUT2D eigenvalue weighted by atomic mass is 16.5. The first kappa shape index (κ1) is 11.5. The molecule has 0 aliphatic heterocycles. The Bertz CT molecular complexity index is 188. The standard InChI is InChI=1S/C10H19NO3/c1-7-2-4-8(5-3-7)14-10(13)9(11)6-12/h7-9,12H,2-6,11H2,1H3/t7?,8?,9-/m0/s1. The predicted molar refractivity (Wildman–Crippen MR) is 52.6 cm³/mol. The van der Waals surface area contributed by atoms with E-state index in [2.05, 4.69) is 6.92 Å². The SMILES string of the molecule is CC1CCC(OC(=O)[C@@H](N)CO)CC1. The second-order valence-electron chi connectivity index (χ2n) is 4.11. The van der Waals surface area contributed by atoms with Crippen molar-refractivity contribution in [2.24, 2.45) is 11.7 Å². The van der Waals surface area contributed by atoms with Gasteiger partial charge < -0.3 is 15.6 Å². The summed E-state index contributed by atoms with van der Waals surface area (Å²) in [6, 6.07) is -0.880. The number of aliphatic hydroxyl groups is 1. The molecule has 1 fully saturated rings. The van der Waals surface area contributed by atoms with Gasteiger partial charge in [0.05, 0.1) is 6.61 Å². The zero-order chi connectivity index (χ0) is 10.6. The van der Waals surface area contributed by atoms with E-state index in [1.807, 2.05) is 0 Å². The molecule has 1 aliphatic rings. The Balaban J connectivity index is 2.27. The van der Waals surface area contributed by atoms with Crippen molar-refractivity contribution in [1.29, 1.82) is 0 Å². The smallest absolute Gasteiger partial charge is 0.325 e. The molecular weight excluding hydrogens is 182 g/mol. The zero-order valence-electron chi connectivity index (χ0n) is 8.61. The highest BCUT2D eigenvalue weighted by molar-refractivity contribution is 5.75. The van der Waals surface area contributed by atoms with E-state index in [9.17, 15) is 4.79 Å². The van der Waals surface area contributed by atoms with E-state index >= 15 is 0 Å². The highest BCUT2D eigenvalue weighted by Crippen LogP contribution is 2.25. The lowest BCUT2D eigenvalue weighted by molar-refractivity contribution is -0.153. The number of ether oxygens (including phenoxy) is 1. The van der Waals surface area contributed by atoms with E-state index in [-0.39, 0.29) is 12.7 Å². The van der Waals surface area contributed by atoms with Gasteiger partial charge in [-0.05, 0) is 31.6 Å². The number of rotatable bonds is 3. The van der Waals surface area contributed by atoms with Crippen molar-refractivity contribution in [3.63, 3.8) is 0 Å². The lowest BCUT2D eigenvalue weighted by Gasteiger charge is -2.26. The normalized spacial score (nSPS) is 29.6. The number of carbonyl (C=O) groups is 1. The number of hydrogen-bond acceptors (Lipinski definition) is 4. The molecule has 0 saturated heterocycles. The summed E-state index contributed by atoms with van der Waals surface area (Å²) in [6.45, 7) is 1.86. The number of aliphatic hydroxyl groups excluding tert-OH is 1. The summed E-state index contributed by atoms with van der Waals surface area (Å²) in [6.07, 6.45) is 4.06. The number of esters is 1. The van der Waals surface area contributed by atoms with Crippen LogP contribution in [-0.2, 0) is 9.53 Å². The lowest BCUT2D eigenvalue weighted by atomic mass is 9.89.